The Labute approximate surface area is 125 Å². The highest BCUT2D eigenvalue weighted by atomic mass is 16.2. The van der Waals surface area contributed by atoms with Crippen LogP contribution in [-0.4, -0.2) is 35.3 Å². The third-order valence-corrected chi connectivity index (χ3v) is 4.51. The summed E-state index contributed by atoms with van der Waals surface area (Å²) >= 11 is 0. The van der Waals surface area contributed by atoms with Crippen LogP contribution < -0.4 is 5.32 Å². The molecule has 2 unspecified atom stereocenters. The minimum atomic E-state index is -0.364. The lowest BCUT2D eigenvalue weighted by Crippen LogP contribution is -2.63. The molecule has 1 heterocycles. The monoisotopic (exact) mass is 286 g/mol. The zero-order valence-corrected chi connectivity index (χ0v) is 12.6. The average Bonchev–Trinajstić information content (AvgIpc) is 3.27. The van der Waals surface area contributed by atoms with Crippen molar-refractivity contribution in [3.63, 3.8) is 0 Å². The Morgan fingerprint density at radius 1 is 1.29 bits per heavy atom. The molecule has 2 fully saturated rings. The molecule has 1 saturated carbocycles. The summed E-state index contributed by atoms with van der Waals surface area (Å²) in [6.07, 6.45) is 2.90. The number of amides is 2. The van der Waals surface area contributed by atoms with Crippen molar-refractivity contribution >= 4 is 11.8 Å². The third-order valence-electron chi connectivity index (χ3n) is 4.51. The largest absolute Gasteiger partial charge is 0.342 e. The summed E-state index contributed by atoms with van der Waals surface area (Å²) < 4.78 is 0. The molecule has 112 valence electrons. The van der Waals surface area contributed by atoms with Gasteiger partial charge in [0.25, 0.3) is 0 Å². The summed E-state index contributed by atoms with van der Waals surface area (Å²) in [4.78, 5) is 26.4. The van der Waals surface area contributed by atoms with Crippen molar-refractivity contribution in [2.75, 3.05) is 6.54 Å². The topological polar surface area (TPSA) is 49.4 Å². The second kappa shape index (κ2) is 5.51. The van der Waals surface area contributed by atoms with Crippen LogP contribution in [-0.2, 0) is 16.0 Å². The molecular weight excluding hydrogens is 264 g/mol. The first-order valence-electron chi connectivity index (χ1n) is 7.72. The molecule has 21 heavy (non-hydrogen) atoms. The molecule has 3 rings (SSSR count). The van der Waals surface area contributed by atoms with Gasteiger partial charge in [-0.15, -0.1) is 0 Å². The second-order valence-corrected chi connectivity index (χ2v) is 6.27. The van der Waals surface area contributed by atoms with E-state index in [1.807, 2.05) is 13.0 Å². The number of nitrogens with zero attached hydrogens (tertiary/aromatic N) is 1. The van der Waals surface area contributed by atoms with Gasteiger partial charge in [0.2, 0.25) is 11.8 Å². The number of rotatable bonds is 4. The van der Waals surface area contributed by atoms with Gasteiger partial charge in [0.1, 0.15) is 12.1 Å². The van der Waals surface area contributed by atoms with Crippen LogP contribution in [0.5, 0.6) is 0 Å². The van der Waals surface area contributed by atoms with Gasteiger partial charge in [-0.05, 0) is 44.6 Å². The van der Waals surface area contributed by atoms with Gasteiger partial charge in [-0.1, -0.05) is 29.8 Å². The van der Waals surface area contributed by atoms with E-state index in [0.717, 1.165) is 19.3 Å². The highest BCUT2D eigenvalue weighted by Gasteiger charge is 2.45. The van der Waals surface area contributed by atoms with E-state index in [4.69, 9.17) is 0 Å². The highest BCUT2D eigenvalue weighted by Crippen LogP contribution is 2.35. The van der Waals surface area contributed by atoms with Crippen molar-refractivity contribution in [1.82, 2.24) is 10.2 Å². The van der Waals surface area contributed by atoms with Gasteiger partial charge in [0, 0.05) is 6.54 Å². The van der Waals surface area contributed by atoms with E-state index in [1.54, 1.807) is 4.90 Å². The van der Waals surface area contributed by atoms with E-state index >= 15 is 0 Å². The molecule has 2 aliphatic rings. The molecule has 0 bridgehead atoms. The number of hydrogen-bond donors (Lipinski definition) is 1. The molecule has 1 aliphatic heterocycles. The molecule has 1 saturated heterocycles. The van der Waals surface area contributed by atoms with Crippen molar-refractivity contribution in [1.29, 1.82) is 0 Å². The molecule has 0 spiro atoms. The van der Waals surface area contributed by atoms with Crippen LogP contribution in [0.15, 0.2) is 24.3 Å². The van der Waals surface area contributed by atoms with Gasteiger partial charge in [0.15, 0.2) is 0 Å². The second-order valence-electron chi connectivity index (χ2n) is 6.27. The molecule has 2 amide bonds. The van der Waals surface area contributed by atoms with Crippen molar-refractivity contribution in [3.05, 3.63) is 35.4 Å². The van der Waals surface area contributed by atoms with Gasteiger partial charge in [-0.3, -0.25) is 9.59 Å². The Bertz CT molecular complexity index is 566. The Morgan fingerprint density at radius 2 is 2.05 bits per heavy atom. The molecule has 4 nitrogen and oxygen atoms in total. The Balaban J connectivity index is 1.69. The SMILES string of the molecule is Cc1cccc(CCN2C(=O)C(C3CC3)NC(=O)C2C)c1. The number of carbonyl (C=O) groups is 2. The normalized spacial score (nSPS) is 25.9. The fraction of sp³-hybridized carbons (Fsp3) is 0.529. The van der Waals surface area contributed by atoms with Crippen LogP contribution in [0.25, 0.3) is 0 Å². The minimum Gasteiger partial charge on any atom is -0.342 e. The van der Waals surface area contributed by atoms with Crippen molar-refractivity contribution in [3.8, 4) is 0 Å². The van der Waals surface area contributed by atoms with Crippen LogP contribution >= 0.6 is 0 Å². The Kier molecular flexibility index (Phi) is 3.70. The number of aryl methyl sites for hydroxylation is 1. The van der Waals surface area contributed by atoms with E-state index in [0.29, 0.717) is 12.5 Å². The molecule has 1 aliphatic carbocycles. The summed E-state index contributed by atoms with van der Waals surface area (Å²) in [6, 6.07) is 7.66. The molecule has 2 atom stereocenters. The van der Waals surface area contributed by atoms with Gasteiger partial charge in [-0.2, -0.15) is 0 Å². The quantitative estimate of drug-likeness (QED) is 0.915. The maximum absolute atomic E-state index is 12.6. The standard InChI is InChI=1S/C17H22N2O2/c1-11-4-3-5-13(10-11)8-9-19-12(2)16(20)18-15(17(19)21)14-6-7-14/h3-5,10,12,14-15H,6-9H2,1-2H3,(H,18,20). The average molecular weight is 286 g/mol. The molecule has 4 heteroatoms. The van der Waals surface area contributed by atoms with Crippen molar-refractivity contribution in [2.24, 2.45) is 5.92 Å². The maximum Gasteiger partial charge on any atom is 0.246 e. The minimum absolute atomic E-state index is 0.0178. The van der Waals surface area contributed by atoms with E-state index in [2.05, 4.69) is 30.4 Å². The summed E-state index contributed by atoms with van der Waals surface area (Å²) in [5, 5.41) is 2.88. The maximum atomic E-state index is 12.6. The van der Waals surface area contributed by atoms with Gasteiger partial charge in [-0.25, -0.2) is 0 Å². The number of benzene rings is 1. The smallest absolute Gasteiger partial charge is 0.246 e. The first kappa shape index (κ1) is 14.1. The van der Waals surface area contributed by atoms with Crippen LogP contribution in [0.4, 0.5) is 0 Å². The first-order chi connectivity index (χ1) is 10.1. The van der Waals surface area contributed by atoms with Gasteiger partial charge >= 0.3 is 0 Å². The third kappa shape index (κ3) is 2.94. The van der Waals surface area contributed by atoms with Crippen LogP contribution in [0, 0.1) is 12.8 Å². The lowest BCUT2D eigenvalue weighted by Gasteiger charge is -2.37. The van der Waals surface area contributed by atoms with E-state index < -0.39 is 0 Å². The molecule has 0 radical (unpaired) electrons. The summed E-state index contributed by atoms with van der Waals surface area (Å²) in [6.45, 7) is 4.49. The van der Waals surface area contributed by atoms with Gasteiger partial charge < -0.3 is 10.2 Å². The summed E-state index contributed by atoms with van der Waals surface area (Å²) in [5.74, 6) is 0.434. The van der Waals surface area contributed by atoms with Crippen LogP contribution in [0.1, 0.15) is 30.9 Å². The number of carbonyl (C=O) groups excluding carboxylic acids is 2. The highest BCUT2D eigenvalue weighted by molar-refractivity contribution is 5.97. The van der Waals surface area contributed by atoms with Crippen molar-refractivity contribution < 1.29 is 9.59 Å². The van der Waals surface area contributed by atoms with Crippen LogP contribution in [0.3, 0.4) is 0 Å². The van der Waals surface area contributed by atoms with Crippen LogP contribution in [0.2, 0.25) is 0 Å². The summed E-state index contributed by atoms with van der Waals surface area (Å²) in [7, 11) is 0. The van der Waals surface area contributed by atoms with E-state index in [1.165, 1.54) is 11.1 Å². The zero-order chi connectivity index (χ0) is 15.0. The predicted octanol–water partition coefficient (Wildman–Crippen LogP) is 1.66. The van der Waals surface area contributed by atoms with Crippen molar-refractivity contribution in [2.45, 2.75) is 45.2 Å². The number of nitrogens with one attached hydrogen (secondary N) is 1. The molecular formula is C17H22N2O2. The predicted molar refractivity (Wildman–Crippen MR) is 80.7 cm³/mol. The number of hydrogen-bond acceptors (Lipinski definition) is 2. The fourth-order valence-corrected chi connectivity index (χ4v) is 3.02. The van der Waals surface area contributed by atoms with E-state index in [-0.39, 0.29) is 23.9 Å². The Hall–Kier alpha value is -1.84. The fourth-order valence-electron chi connectivity index (χ4n) is 3.02. The summed E-state index contributed by atoms with van der Waals surface area (Å²) in [5.41, 5.74) is 2.43. The molecule has 1 N–H and O–H groups in total. The lowest BCUT2D eigenvalue weighted by atomic mass is 10.0. The molecule has 1 aromatic carbocycles. The Morgan fingerprint density at radius 3 is 2.71 bits per heavy atom. The molecule has 1 aromatic rings. The van der Waals surface area contributed by atoms with E-state index in [9.17, 15) is 9.59 Å². The molecule has 0 aromatic heterocycles. The zero-order valence-electron chi connectivity index (χ0n) is 12.6. The lowest BCUT2D eigenvalue weighted by molar-refractivity contribution is -0.149. The van der Waals surface area contributed by atoms with Gasteiger partial charge in [0.05, 0.1) is 0 Å². The number of piperazine rings is 1. The first-order valence-corrected chi connectivity index (χ1v) is 7.72.